The van der Waals surface area contributed by atoms with Gasteiger partial charge in [0.25, 0.3) is 11.5 Å². The molecular weight excluding hydrogens is 574 g/mol. The van der Waals surface area contributed by atoms with Crippen LogP contribution in [0.5, 0.6) is 5.88 Å². The number of aliphatic carboxylic acids is 1. The topological polar surface area (TPSA) is 136 Å². The predicted molar refractivity (Wildman–Crippen MR) is 161 cm³/mol. The zero-order valence-electron chi connectivity index (χ0n) is 24.2. The zero-order valence-corrected chi connectivity index (χ0v) is 25.0. The van der Waals surface area contributed by atoms with Gasteiger partial charge in [-0.25, -0.2) is 9.78 Å². The van der Waals surface area contributed by atoms with Gasteiger partial charge in [-0.05, 0) is 29.7 Å². The van der Waals surface area contributed by atoms with Crippen molar-refractivity contribution in [3.05, 3.63) is 110 Å². The maximum absolute atomic E-state index is 13.8. The van der Waals surface area contributed by atoms with Crippen molar-refractivity contribution in [2.45, 2.75) is 24.4 Å². The van der Waals surface area contributed by atoms with Crippen molar-refractivity contribution in [3.8, 4) is 5.88 Å². The number of alkyl halides is 1. The van der Waals surface area contributed by atoms with E-state index in [0.717, 1.165) is 31.4 Å². The number of ether oxygens (including phenoxy) is 1. The number of hydrogen-bond donors (Lipinski definition) is 2. The average molecular weight is 606 g/mol. The average Bonchev–Trinajstić information content (AvgIpc) is 2.96. The van der Waals surface area contributed by atoms with Crippen LogP contribution in [0.3, 0.4) is 0 Å². The van der Waals surface area contributed by atoms with E-state index in [0.29, 0.717) is 31.2 Å². The van der Waals surface area contributed by atoms with Gasteiger partial charge in [-0.2, -0.15) is 0 Å². The normalized spacial score (nSPS) is 20.3. The van der Waals surface area contributed by atoms with Crippen molar-refractivity contribution < 1.29 is 19.4 Å². The molecule has 11 nitrogen and oxygen atoms in total. The molecule has 2 unspecified atom stereocenters. The number of methoxy groups -OCH3 is 1. The standard InChI is InChI=1S/C31H32ClN5O6/c1-18-8-5-6-9-21(18)22-10-7-13-31(25(22)32,34-26(38)23-17-35(2)30(42)36(3)28(23)39)24-12-11-19(27(33-24)43-4)14-37-15-20(16-37)29(40)41/h5-13,17,20,25H,14-16H2,1-4H3,(H,34,38)(H,40,41). The molecule has 43 heavy (non-hydrogen) atoms. The summed E-state index contributed by atoms with van der Waals surface area (Å²) in [5, 5.41) is 11.3. The van der Waals surface area contributed by atoms with E-state index in [1.807, 2.05) is 48.2 Å². The van der Waals surface area contributed by atoms with Gasteiger partial charge in [0.05, 0.1) is 24.1 Å². The molecule has 3 heterocycles. The van der Waals surface area contributed by atoms with Gasteiger partial charge in [0, 0.05) is 45.5 Å². The second kappa shape index (κ2) is 11.7. The van der Waals surface area contributed by atoms with Crippen LogP contribution in [0.1, 0.15) is 32.7 Å². The lowest BCUT2D eigenvalue weighted by Gasteiger charge is -2.39. The van der Waals surface area contributed by atoms with Gasteiger partial charge in [0.1, 0.15) is 11.1 Å². The van der Waals surface area contributed by atoms with E-state index in [2.05, 4.69) is 5.32 Å². The molecule has 2 atom stereocenters. The summed E-state index contributed by atoms with van der Waals surface area (Å²) in [6, 6.07) is 11.3. The van der Waals surface area contributed by atoms with E-state index in [-0.39, 0.29) is 5.56 Å². The van der Waals surface area contributed by atoms with Crippen LogP contribution in [0.25, 0.3) is 5.57 Å². The summed E-state index contributed by atoms with van der Waals surface area (Å²) in [5.74, 6) is -1.66. The number of halogens is 1. The van der Waals surface area contributed by atoms with Gasteiger partial charge in [0.15, 0.2) is 0 Å². The molecule has 1 aliphatic carbocycles. The highest BCUT2D eigenvalue weighted by molar-refractivity contribution is 6.28. The van der Waals surface area contributed by atoms with Gasteiger partial charge >= 0.3 is 11.7 Å². The van der Waals surface area contributed by atoms with Crippen LogP contribution in [-0.2, 0) is 31.0 Å². The maximum Gasteiger partial charge on any atom is 0.330 e. The molecule has 1 aliphatic heterocycles. The summed E-state index contributed by atoms with van der Waals surface area (Å²) >= 11 is 7.29. The number of pyridine rings is 1. The third-order valence-electron chi connectivity index (χ3n) is 8.03. The van der Waals surface area contributed by atoms with Crippen molar-refractivity contribution in [1.29, 1.82) is 0 Å². The lowest BCUT2D eigenvalue weighted by atomic mass is 9.79. The number of nitrogens with zero attached hydrogens (tertiary/aromatic N) is 4. The molecule has 12 heteroatoms. The Bertz CT molecular complexity index is 1790. The molecule has 2 aliphatic rings. The second-order valence-corrected chi connectivity index (χ2v) is 11.3. The first kappa shape index (κ1) is 30.0. The number of carbonyl (C=O) groups excluding carboxylic acids is 1. The van der Waals surface area contributed by atoms with Crippen LogP contribution in [0.15, 0.2) is 70.4 Å². The number of nitrogens with one attached hydrogen (secondary N) is 1. The fourth-order valence-corrected chi connectivity index (χ4v) is 5.97. The fourth-order valence-electron chi connectivity index (χ4n) is 5.54. The van der Waals surface area contributed by atoms with Gasteiger partial charge in [-0.1, -0.05) is 48.6 Å². The largest absolute Gasteiger partial charge is 0.481 e. The Hall–Kier alpha value is -4.48. The quantitative estimate of drug-likeness (QED) is 0.373. The third kappa shape index (κ3) is 5.41. The number of benzene rings is 1. The Morgan fingerprint density at radius 3 is 2.56 bits per heavy atom. The van der Waals surface area contributed by atoms with Gasteiger partial charge in [-0.15, -0.1) is 11.6 Å². The van der Waals surface area contributed by atoms with Crippen LogP contribution in [-0.4, -0.2) is 61.6 Å². The number of amides is 1. The highest BCUT2D eigenvalue weighted by atomic mass is 35.5. The summed E-state index contributed by atoms with van der Waals surface area (Å²) < 4.78 is 7.68. The number of likely N-dealkylation sites (tertiary alicyclic amines) is 1. The smallest absolute Gasteiger partial charge is 0.330 e. The number of aryl methyl sites for hydroxylation is 2. The van der Waals surface area contributed by atoms with Crippen LogP contribution in [0, 0.1) is 12.8 Å². The Balaban J connectivity index is 1.58. The fraction of sp³-hybridized carbons (Fsp3) is 0.323. The van der Waals surface area contributed by atoms with E-state index in [1.165, 1.54) is 27.4 Å². The number of allylic oxidation sites excluding steroid dienone is 2. The van der Waals surface area contributed by atoms with E-state index in [4.69, 9.17) is 21.3 Å². The van der Waals surface area contributed by atoms with Crippen molar-refractivity contribution in [1.82, 2.24) is 24.3 Å². The van der Waals surface area contributed by atoms with Gasteiger partial charge in [0.2, 0.25) is 5.88 Å². The highest BCUT2D eigenvalue weighted by Gasteiger charge is 2.45. The minimum Gasteiger partial charge on any atom is -0.481 e. The van der Waals surface area contributed by atoms with Crippen molar-refractivity contribution in [2.24, 2.45) is 20.0 Å². The molecule has 1 saturated heterocycles. The number of aromatic nitrogens is 3. The van der Waals surface area contributed by atoms with Crippen LogP contribution < -0.4 is 21.3 Å². The number of carboxylic acids is 1. The molecule has 5 rings (SSSR count). The minimum atomic E-state index is -1.43. The molecule has 2 N–H and O–H groups in total. The number of hydrogen-bond acceptors (Lipinski definition) is 7. The molecule has 0 saturated carbocycles. The van der Waals surface area contributed by atoms with Crippen molar-refractivity contribution in [3.63, 3.8) is 0 Å². The van der Waals surface area contributed by atoms with Crippen molar-refractivity contribution >= 4 is 29.1 Å². The molecule has 3 aromatic rings. The molecule has 0 spiro atoms. The van der Waals surface area contributed by atoms with Crippen LogP contribution >= 0.6 is 11.6 Å². The summed E-state index contributed by atoms with van der Waals surface area (Å²) in [7, 11) is 4.25. The molecule has 1 aromatic carbocycles. The van der Waals surface area contributed by atoms with Crippen LogP contribution in [0.4, 0.5) is 0 Å². The molecule has 0 bridgehead atoms. The predicted octanol–water partition coefficient (Wildman–Crippen LogP) is 2.20. The Morgan fingerprint density at radius 2 is 1.88 bits per heavy atom. The summed E-state index contributed by atoms with van der Waals surface area (Å²) in [6.07, 6.45) is 6.60. The monoisotopic (exact) mass is 605 g/mol. The van der Waals surface area contributed by atoms with Crippen molar-refractivity contribution in [2.75, 3.05) is 20.2 Å². The van der Waals surface area contributed by atoms with Gasteiger partial charge in [-0.3, -0.25) is 23.9 Å². The first-order valence-electron chi connectivity index (χ1n) is 13.6. The lowest BCUT2D eigenvalue weighted by Crippen LogP contribution is -2.54. The maximum atomic E-state index is 13.8. The number of carboxylic acid groups (broad SMARTS) is 1. The number of carbonyl (C=O) groups is 2. The van der Waals surface area contributed by atoms with E-state index in [1.54, 1.807) is 18.2 Å². The third-order valence-corrected chi connectivity index (χ3v) is 8.61. The SMILES string of the molecule is COc1nc(C2(NC(=O)c3cn(C)c(=O)n(C)c3=O)C=CC=C(c3ccccc3C)C2Cl)ccc1CN1CC(C(=O)O)C1. The first-order chi connectivity index (χ1) is 20.5. The summed E-state index contributed by atoms with van der Waals surface area (Å²) in [5.41, 5.74) is 0.744. The molecule has 224 valence electrons. The van der Waals surface area contributed by atoms with Crippen LogP contribution in [0.2, 0.25) is 0 Å². The molecule has 2 aromatic heterocycles. The molecular formula is C31H32ClN5O6. The Labute approximate surface area is 252 Å². The highest BCUT2D eigenvalue weighted by Crippen LogP contribution is 2.42. The van der Waals surface area contributed by atoms with E-state index in [9.17, 15) is 24.3 Å². The summed E-state index contributed by atoms with van der Waals surface area (Å²) in [6.45, 7) is 3.24. The Morgan fingerprint density at radius 1 is 1.16 bits per heavy atom. The number of rotatable bonds is 8. The Kier molecular flexibility index (Phi) is 8.13. The minimum absolute atomic E-state index is 0.234. The molecule has 1 amide bonds. The summed E-state index contributed by atoms with van der Waals surface area (Å²) in [4.78, 5) is 57.1. The molecule has 0 radical (unpaired) electrons. The van der Waals surface area contributed by atoms with E-state index >= 15 is 0 Å². The molecule has 1 fully saturated rings. The lowest BCUT2D eigenvalue weighted by molar-refractivity contribution is -0.147. The zero-order chi connectivity index (χ0) is 31.1. The second-order valence-electron chi connectivity index (χ2n) is 10.9. The first-order valence-corrected chi connectivity index (χ1v) is 14.1. The van der Waals surface area contributed by atoms with Gasteiger partial charge < -0.3 is 19.7 Å². The van der Waals surface area contributed by atoms with E-state index < -0.39 is 40.0 Å².